The Kier molecular flexibility index (Phi) is 7.86. The fourth-order valence-electron chi connectivity index (χ4n) is 2.89. The summed E-state index contributed by atoms with van der Waals surface area (Å²) in [6.07, 6.45) is 3.65. The third-order valence-corrected chi connectivity index (χ3v) is 3.94. The van der Waals surface area contributed by atoms with Crippen LogP contribution in [0.15, 0.2) is 18.2 Å². The highest BCUT2D eigenvalue weighted by molar-refractivity contribution is 5.34. The normalized spacial score (nSPS) is 14.2. The standard InChI is InChI=1S/C18H31NO/c1-6-10-18(20-8-3)17(19-7-2)13-16-14(4)11-9-12-15(16)5/h9,11-12,17-19H,6-8,10,13H2,1-5H3. The molecule has 0 saturated carbocycles. The van der Waals surface area contributed by atoms with Crippen molar-refractivity contribution in [2.75, 3.05) is 13.2 Å². The van der Waals surface area contributed by atoms with Gasteiger partial charge >= 0.3 is 0 Å². The number of ether oxygens (including phenoxy) is 1. The molecule has 0 aliphatic carbocycles. The van der Waals surface area contributed by atoms with Gasteiger partial charge in [0.25, 0.3) is 0 Å². The van der Waals surface area contributed by atoms with E-state index in [1.54, 1.807) is 0 Å². The van der Waals surface area contributed by atoms with E-state index in [1.807, 2.05) is 0 Å². The Balaban J connectivity index is 2.89. The second-order valence-corrected chi connectivity index (χ2v) is 5.52. The van der Waals surface area contributed by atoms with Gasteiger partial charge in [-0.2, -0.15) is 0 Å². The van der Waals surface area contributed by atoms with Gasteiger partial charge in [-0.15, -0.1) is 0 Å². The lowest BCUT2D eigenvalue weighted by Gasteiger charge is -2.29. The predicted octanol–water partition coefficient (Wildman–Crippen LogP) is 4.03. The zero-order chi connectivity index (χ0) is 15.0. The van der Waals surface area contributed by atoms with Crippen LogP contribution in [-0.2, 0) is 11.2 Å². The van der Waals surface area contributed by atoms with Crippen LogP contribution >= 0.6 is 0 Å². The van der Waals surface area contributed by atoms with E-state index in [-0.39, 0.29) is 0 Å². The molecular weight excluding hydrogens is 246 g/mol. The Labute approximate surface area is 124 Å². The van der Waals surface area contributed by atoms with Crippen molar-refractivity contribution >= 4 is 0 Å². The highest BCUT2D eigenvalue weighted by Gasteiger charge is 2.22. The molecular formula is C18H31NO. The molecule has 1 N–H and O–H groups in total. The Morgan fingerprint density at radius 2 is 1.75 bits per heavy atom. The quantitative estimate of drug-likeness (QED) is 0.736. The average molecular weight is 277 g/mol. The van der Waals surface area contributed by atoms with Crippen LogP contribution in [0.1, 0.15) is 50.3 Å². The van der Waals surface area contributed by atoms with E-state index >= 15 is 0 Å². The molecule has 1 aromatic rings. The van der Waals surface area contributed by atoms with Gasteiger partial charge in [0.1, 0.15) is 0 Å². The highest BCUT2D eigenvalue weighted by Crippen LogP contribution is 2.19. The average Bonchev–Trinajstić information content (AvgIpc) is 2.42. The van der Waals surface area contributed by atoms with Crippen molar-refractivity contribution in [2.45, 2.75) is 66.0 Å². The van der Waals surface area contributed by atoms with Gasteiger partial charge in [0.2, 0.25) is 0 Å². The SMILES string of the molecule is CCCC(OCC)C(Cc1c(C)cccc1C)NCC. The van der Waals surface area contributed by atoms with Crippen molar-refractivity contribution in [1.29, 1.82) is 0 Å². The fourth-order valence-corrected chi connectivity index (χ4v) is 2.89. The Morgan fingerprint density at radius 3 is 2.25 bits per heavy atom. The molecule has 0 saturated heterocycles. The second kappa shape index (κ2) is 9.15. The van der Waals surface area contributed by atoms with Crippen LogP contribution in [0.25, 0.3) is 0 Å². The van der Waals surface area contributed by atoms with Crippen molar-refractivity contribution in [1.82, 2.24) is 5.32 Å². The van der Waals surface area contributed by atoms with E-state index in [0.717, 1.165) is 26.0 Å². The van der Waals surface area contributed by atoms with Crippen molar-refractivity contribution in [3.8, 4) is 0 Å². The van der Waals surface area contributed by atoms with Gasteiger partial charge in [-0.3, -0.25) is 0 Å². The molecule has 114 valence electrons. The lowest BCUT2D eigenvalue weighted by molar-refractivity contribution is 0.0285. The van der Waals surface area contributed by atoms with E-state index in [4.69, 9.17) is 4.74 Å². The van der Waals surface area contributed by atoms with Crippen LogP contribution in [0.2, 0.25) is 0 Å². The molecule has 0 aliphatic rings. The minimum atomic E-state index is 0.309. The summed E-state index contributed by atoms with van der Waals surface area (Å²) < 4.78 is 5.99. The molecule has 0 aromatic heterocycles. The van der Waals surface area contributed by atoms with Crippen LogP contribution in [0.4, 0.5) is 0 Å². The zero-order valence-corrected chi connectivity index (χ0v) is 13.8. The largest absolute Gasteiger partial charge is 0.377 e. The van der Waals surface area contributed by atoms with E-state index in [0.29, 0.717) is 12.1 Å². The molecule has 0 spiro atoms. The van der Waals surface area contributed by atoms with Crippen LogP contribution in [-0.4, -0.2) is 25.3 Å². The van der Waals surface area contributed by atoms with Crippen molar-refractivity contribution in [3.05, 3.63) is 34.9 Å². The molecule has 2 atom stereocenters. The molecule has 20 heavy (non-hydrogen) atoms. The Hall–Kier alpha value is -0.860. The first-order chi connectivity index (χ1) is 9.63. The Morgan fingerprint density at radius 1 is 1.10 bits per heavy atom. The first-order valence-electron chi connectivity index (χ1n) is 8.04. The first kappa shape index (κ1) is 17.2. The van der Waals surface area contributed by atoms with E-state index < -0.39 is 0 Å². The summed E-state index contributed by atoms with van der Waals surface area (Å²) in [6, 6.07) is 6.96. The monoisotopic (exact) mass is 277 g/mol. The number of rotatable bonds is 9. The number of hydrogen-bond donors (Lipinski definition) is 1. The lowest BCUT2D eigenvalue weighted by atomic mass is 9.92. The fraction of sp³-hybridized carbons (Fsp3) is 0.667. The zero-order valence-electron chi connectivity index (χ0n) is 13.8. The summed E-state index contributed by atoms with van der Waals surface area (Å²) in [6.45, 7) is 12.7. The maximum absolute atomic E-state index is 5.99. The molecule has 0 bridgehead atoms. The number of aryl methyl sites for hydroxylation is 2. The topological polar surface area (TPSA) is 21.3 Å². The van der Waals surface area contributed by atoms with Crippen LogP contribution < -0.4 is 5.32 Å². The molecule has 0 fully saturated rings. The highest BCUT2D eigenvalue weighted by atomic mass is 16.5. The van der Waals surface area contributed by atoms with Gasteiger partial charge in [-0.25, -0.2) is 0 Å². The number of likely N-dealkylation sites (N-methyl/N-ethyl adjacent to an activating group) is 1. The van der Waals surface area contributed by atoms with Crippen LogP contribution in [0.5, 0.6) is 0 Å². The summed E-state index contributed by atoms with van der Waals surface area (Å²) in [5.74, 6) is 0. The number of benzene rings is 1. The number of nitrogens with one attached hydrogen (secondary N) is 1. The first-order valence-corrected chi connectivity index (χ1v) is 8.04. The van der Waals surface area contributed by atoms with Crippen molar-refractivity contribution in [2.24, 2.45) is 0 Å². The van der Waals surface area contributed by atoms with Gasteiger partial charge in [0.05, 0.1) is 6.10 Å². The molecule has 1 aromatic carbocycles. The maximum atomic E-state index is 5.99. The molecule has 2 heteroatoms. The summed E-state index contributed by atoms with van der Waals surface area (Å²) in [4.78, 5) is 0. The predicted molar refractivity (Wildman–Crippen MR) is 87.4 cm³/mol. The van der Waals surface area contributed by atoms with Crippen molar-refractivity contribution in [3.63, 3.8) is 0 Å². The third kappa shape index (κ3) is 4.92. The molecule has 0 heterocycles. The molecule has 0 aliphatic heterocycles. The smallest absolute Gasteiger partial charge is 0.0731 e. The summed E-state index contributed by atoms with van der Waals surface area (Å²) >= 11 is 0. The van der Waals surface area contributed by atoms with Gasteiger partial charge in [-0.05, 0) is 56.8 Å². The summed E-state index contributed by atoms with van der Waals surface area (Å²) in [7, 11) is 0. The van der Waals surface area contributed by atoms with E-state index in [9.17, 15) is 0 Å². The van der Waals surface area contributed by atoms with Gasteiger partial charge in [0.15, 0.2) is 0 Å². The summed E-state index contributed by atoms with van der Waals surface area (Å²) in [5.41, 5.74) is 4.25. The van der Waals surface area contributed by atoms with Crippen LogP contribution in [0.3, 0.4) is 0 Å². The van der Waals surface area contributed by atoms with Gasteiger partial charge < -0.3 is 10.1 Å². The molecule has 0 radical (unpaired) electrons. The minimum absolute atomic E-state index is 0.309. The second-order valence-electron chi connectivity index (χ2n) is 5.52. The lowest BCUT2D eigenvalue weighted by Crippen LogP contribution is -2.43. The Bertz CT molecular complexity index is 363. The minimum Gasteiger partial charge on any atom is -0.377 e. The van der Waals surface area contributed by atoms with Gasteiger partial charge in [-0.1, -0.05) is 38.5 Å². The van der Waals surface area contributed by atoms with Gasteiger partial charge in [0, 0.05) is 12.6 Å². The van der Waals surface area contributed by atoms with Crippen LogP contribution in [0, 0.1) is 13.8 Å². The maximum Gasteiger partial charge on any atom is 0.0731 e. The molecule has 2 unspecified atom stereocenters. The van der Waals surface area contributed by atoms with E-state index in [1.165, 1.54) is 23.1 Å². The third-order valence-electron chi connectivity index (χ3n) is 3.94. The number of hydrogen-bond acceptors (Lipinski definition) is 2. The molecule has 1 rings (SSSR count). The van der Waals surface area contributed by atoms with E-state index in [2.05, 4.69) is 58.1 Å². The molecule has 0 amide bonds. The summed E-state index contributed by atoms with van der Waals surface area (Å²) in [5, 5.41) is 3.63. The molecule has 2 nitrogen and oxygen atoms in total. The van der Waals surface area contributed by atoms with Crippen molar-refractivity contribution < 1.29 is 4.74 Å².